The molecule has 1 aliphatic rings. The average molecular weight is 333 g/mol. The van der Waals surface area contributed by atoms with Crippen molar-refractivity contribution in [1.82, 2.24) is 5.32 Å². The molecule has 0 aliphatic heterocycles. The summed E-state index contributed by atoms with van der Waals surface area (Å²) >= 11 is 0. The maximum absolute atomic E-state index is 12.1. The maximum Gasteiger partial charge on any atom is 0.338 e. The fourth-order valence-electron chi connectivity index (χ4n) is 2.97. The second kappa shape index (κ2) is 9.42. The molecule has 5 nitrogen and oxygen atoms in total. The van der Waals surface area contributed by atoms with Crippen molar-refractivity contribution in [1.29, 1.82) is 0 Å². The van der Waals surface area contributed by atoms with E-state index in [1.807, 2.05) is 12.1 Å². The summed E-state index contributed by atoms with van der Waals surface area (Å²) in [6.07, 6.45) is 5.32. The van der Waals surface area contributed by atoms with Crippen molar-refractivity contribution in [3.63, 3.8) is 0 Å². The number of hydrogen-bond acceptors (Lipinski definition) is 4. The van der Waals surface area contributed by atoms with Crippen molar-refractivity contribution in [2.24, 2.45) is 5.92 Å². The zero-order chi connectivity index (χ0) is 17.4. The van der Waals surface area contributed by atoms with Gasteiger partial charge in [0.15, 0.2) is 6.10 Å². The zero-order valence-corrected chi connectivity index (χ0v) is 14.5. The molecule has 2 rings (SSSR count). The molecule has 1 fully saturated rings. The Bertz CT molecular complexity index is 535. The van der Waals surface area contributed by atoms with Gasteiger partial charge < -0.3 is 14.8 Å². The predicted molar refractivity (Wildman–Crippen MR) is 91.6 cm³/mol. The molecule has 0 radical (unpaired) electrons. The largest absolute Gasteiger partial charge is 0.449 e. The summed E-state index contributed by atoms with van der Waals surface area (Å²) in [5.41, 5.74) is 1.41. The highest BCUT2D eigenvalue weighted by Gasteiger charge is 2.20. The first kappa shape index (κ1) is 18.5. The van der Waals surface area contributed by atoms with Gasteiger partial charge in [0.2, 0.25) is 0 Å². The van der Waals surface area contributed by atoms with Crippen LogP contribution in [0.5, 0.6) is 0 Å². The number of methoxy groups -OCH3 is 1. The first-order chi connectivity index (χ1) is 11.6. The summed E-state index contributed by atoms with van der Waals surface area (Å²) in [6, 6.07) is 6.99. The van der Waals surface area contributed by atoms with Crippen LogP contribution in [0.2, 0.25) is 0 Å². The van der Waals surface area contributed by atoms with Crippen molar-refractivity contribution in [2.45, 2.75) is 51.7 Å². The van der Waals surface area contributed by atoms with E-state index in [0.717, 1.165) is 5.56 Å². The van der Waals surface area contributed by atoms with Gasteiger partial charge in [0.25, 0.3) is 5.91 Å². The first-order valence-electron chi connectivity index (χ1n) is 8.66. The van der Waals surface area contributed by atoms with Gasteiger partial charge in [0, 0.05) is 13.7 Å². The first-order valence-corrected chi connectivity index (χ1v) is 8.66. The topological polar surface area (TPSA) is 64.6 Å². The molecule has 1 saturated carbocycles. The van der Waals surface area contributed by atoms with Gasteiger partial charge in [-0.15, -0.1) is 0 Å². The van der Waals surface area contributed by atoms with Gasteiger partial charge in [0.05, 0.1) is 12.2 Å². The minimum atomic E-state index is -0.792. The van der Waals surface area contributed by atoms with Gasteiger partial charge in [-0.05, 0) is 43.4 Å². The lowest BCUT2D eigenvalue weighted by Gasteiger charge is -2.22. The second-order valence-corrected chi connectivity index (χ2v) is 6.43. The molecule has 0 bridgehead atoms. The van der Waals surface area contributed by atoms with Gasteiger partial charge in [-0.2, -0.15) is 0 Å². The van der Waals surface area contributed by atoms with Gasteiger partial charge >= 0.3 is 5.97 Å². The van der Waals surface area contributed by atoms with E-state index in [1.165, 1.54) is 32.1 Å². The fraction of sp³-hybridized carbons (Fsp3) is 0.579. The van der Waals surface area contributed by atoms with Crippen LogP contribution >= 0.6 is 0 Å². The molecule has 0 unspecified atom stereocenters. The molecule has 0 heterocycles. The number of rotatable bonds is 7. The molecule has 1 amide bonds. The summed E-state index contributed by atoms with van der Waals surface area (Å²) < 4.78 is 10.3. The number of nitrogens with one attached hydrogen (secondary N) is 1. The van der Waals surface area contributed by atoms with Crippen molar-refractivity contribution < 1.29 is 19.1 Å². The average Bonchev–Trinajstić information content (AvgIpc) is 2.61. The SMILES string of the molecule is COCc1ccc(C(=O)O[C@H](C)C(=O)NCC2CCCCC2)cc1. The molecule has 1 N–H and O–H groups in total. The van der Waals surface area contributed by atoms with Gasteiger partial charge in [-0.1, -0.05) is 31.4 Å². The molecule has 24 heavy (non-hydrogen) atoms. The number of carbonyl (C=O) groups is 2. The van der Waals surface area contributed by atoms with E-state index in [0.29, 0.717) is 24.6 Å². The lowest BCUT2D eigenvalue weighted by Crippen LogP contribution is -2.38. The number of benzene rings is 1. The molecule has 1 aromatic carbocycles. The number of carbonyl (C=O) groups excluding carboxylic acids is 2. The lowest BCUT2D eigenvalue weighted by atomic mass is 9.89. The molecule has 132 valence electrons. The van der Waals surface area contributed by atoms with Gasteiger partial charge in [-0.25, -0.2) is 4.79 Å². The number of hydrogen-bond donors (Lipinski definition) is 1. The summed E-state index contributed by atoms with van der Waals surface area (Å²) in [6.45, 7) is 2.77. The summed E-state index contributed by atoms with van der Waals surface area (Å²) in [7, 11) is 1.62. The number of amides is 1. The third-order valence-electron chi connectivity index (χ3n) is 4.44. The molecule has 0 spiro atoms. The minimum Gasteiger partial charge on any atom is -0.449 e. The molecule has 1 aromatic rings. The smallest absolute Gasteiger partial charge is 0.338 e. The maximum atomic E-state index is 12.1. The van der Waals surface area contributed by atoms with E-state index in [1.54, 1.807) is 26.2 Å². The van der Waals surface area contributed by atoms with Crippen molar-refractivity contribution in [3.05, 3.63) is 35.4 Å². The fourth-order valence-corrected chi connectivity index (χ4v) is 2.97. The van der Waals surface area contributed by atoms with Crippen molar-refractivity contribution >= 4 is 11.9 Å². The van der Waals surface area contributed by atoms with Crippen LogP contribution in [0.3, 0.4) is 0 Å². The Labute approximate surface area is 143 Å². The highest BCUT2D eigenvalue weighted by atomic mass is 16.5. The van der Waals surface area contributed by atoms with E-state index in [9.17, 15) is 9.59 Å². The number of esters is 1. The highest BCUT2D eigenvalue weighted by Crippen LogP contribution is 2.22. The Hall–Kier alpha value is -1.88. The Kier molecular flexibility index (Phi) is 7.25. The van der Waals surface area contributed by atoms with Crippen LogP contribution in [0.4, 0.5) is 0 Å². The Balaban J connectivity index is 1.78. The van der Waals surface area contributed by atoms with Crippen LogP contribution in [0, 0.1) is 5.92 Å². The predicted octanol–water partition coefficient (Wildman–Crippen LogP) is 3.07. The quantitative estimate of drug-likeness (QED) is 0.779. The molecular formula is C19H27NO4. The van der Waals surface area contributed by atoms with Crippen LogP contribution in [-0.4, -0.2) is 31.6 Å². The van der Waals surface area contributed by atoms with E-state index < -0.39 is 12.1 Å². The second-order valence-electron chi connectivity index (χ2n) is 6.43. The van der Waals surface area contributed by atoms with Crippen molar-refractivity contribution in [3.8, 4) is 0 Å². The van der Waals surface area contributed by atoms with E-state index in [4.69, 9.17) is 9.47 Å². The third-order valence-corrected chi connectivity index (χ3v) is 4.44. The van der Waals surface area contributed by atoms with Crippen molar-refractivity contribution in [2.75, 3.05) is 13.7 Å². The van der Waals surface area contributed by atoms with E-state index in [2.05, 4.69) is 5.32 Å². The summed E-state index contributed by atoms with van der Waals surface area (Å²) in [5.74, 6) is -0.164. The molecule has 1 atom stereocenters. The lowest BCUT2D eigenvalue weighted by molar-refractivity contribution is -0.129. The normalized spacial score (nSPS) is 16.4. The Morgan fingerprint density at radius 3 is 2.46 bits per heavy atom. The van der Waals surface area contributed by atoms with Crippen LogP contribution in [0.1, 0.15) is 54.9 Å². The molecule has 0 aromatic heterocycles. The number of ether oxygens (including phenoxy) is 2. The molecule has 0 saturated heterocycles. The molecule has 1 aliphatic carbocycles. The zero-order valence-electron chi connectivity index (χ0n) is 14.5. The molecule has 5 heteroatoms. The highest BCUT2D eigenvalue weighted by molar-refractivity contribution is 5.92. The van der Waals surface area contributed by atoms with Crippen LogP contribution < -0.4 is 5.32 Å². The van der Waals surface area contributed by atoms with Crippen LogP contribution in [-0.2, 0) is 20.9 Å². The Morgan fingerprint density at radius 1 is 1.17 bits per heavy atom. The van der Waals surface area contributed by atoms with Gasteiger partial charge in [-0.3, -0.25) is 4.79 Å². The minimum absolute atomic E-state index is 0.232. The molecular weight excluding hydrogens is 306 g/mol. The Morgan fingerprint density at radius 2 is 1.83 bits per heavy atom. The summed E-state index contributed by atoms with van der Waals surface area (Å²) in [4.78, 5) is 24.2. The van der Waals surface area contributed by atoms with Crippen LogP contribution in [0.25, 0.3) is 0 Å². The van der Waals surface area contributed by atoms with E-state index in [-0.39, 0.29) is 5.91 Å². The summed E-state index contributed by atoms with van der Waals surface area (Å²) in [5, 5.41) is 2.90. The third kappa shape index (κ3) is 5.64. The van der Waals surface area contributed by atoms with Crippen LogP contribution in [0.15, 0.2) is 24.3 Å². The monoisotopic (exact) mass is 333 g/mol. The standard InChI is InChI=1S/C19H27NO4/c1-14(18(21)20-12-15-6-4-3-5-7-15)24-19(22)17-10-8-16(9-11-17)13-23-2/h8-11,14-15H,3-7,12-13H2,1-2H3,(H,20,21)/t14-/m1/s1. The van der Waals surface area contributed by atoms with E-state index >= 15 is 0 Å². The van der Waals surface area contributed by atoms with Gasteiger partial charge in [0.1, 0.15) is 0 Å².